The van der Waals surface area contributed by atoms with Crippen LogP contribution in [0.25, 0.3) is 6.08 Å². The van der Waals surface area contributed by atoms with Gasteiger partial charge in [-0.25, -0.2) is 4.79 Å². The summed E-state index contributed by atoms with van der Waals surface area (Å²) in [7, 11) is 0. The summed E-state index contributed by atoms with van der Waals surface area (Å²) in [4.78, 5) is 10.8. The second-order valence-corrected chi connectivity index (χ2v) is 2.54. The molecule has 0 bridgehead atoms. The molecule has 0 saturated carbocycles. The molecule has 0 N–H and O–H groups in total. The van der Waals surface area contributed by atoms with Crippen LogP contribution in [0.5, 0.6) is 5.75 Å². The fraction of sp³-hybridized carbons (Fsp3) is 0. The third-order valence-corrected chi connectivity index (χ3v) is 1.56. The lowest BCUT2D eigenvalue weighted by atomic mass is 10.2. The topological polar surface area (TPSA) is 26.3 Å². The second kappa shape index (κ2) is 4.37. The molecule has 1 aromatic carbocycles. The normalized spacial score (nSPS) is 9.21. The van der Waals surface area contributed by atoms with Crippen molar-refractivity contribution in [3.8, 4) is 5.75 Å². The van der Waals surface area contributed by atoms with Gasteiger partial charge in [-0.1, -0.05) is 37.4 Å². The van der Waals surface area contributed by atoms with Crippen molar-refractivity contribution in [2.45, 2.75) is 0 Å². The molecule has 14 heavy (non-hydrogen) atoms. The molecule has 0 saturated heterocycles. The molecule has 1 rings (SSSR count). The van der Waals surface area contributed by atoms with Crippen molar-refractivity contribution in [3.63, 3.8) is 0 Å². The molecule has 0 unspecified atom stereocenters. The number of hydrogen-bond donors (Lipinski definition) is 0. The van der Waals surface area contributed by atoms with Gasteiger partial charge in [0.25, 0.3) is 0 Å². The van der Waals surface area contributed by atoms with Gasteiger partial charge in [0.15, 0.2) is 0 Å². The highest BCUT2D eigenvalue weighted by atomic mass is 19.1. The molecule has 0 aliphatic carbocycles. The molecule has 72 valence electrons. The molecule has 1 aromatic rings. The van der Waals surface area contributed by atoms with E-state index in [1.54, 1.807) is 24.3 Å². The van der Waals surface area contributed by atoms with Gasteiger partial charge < -0.3 is 4.74 Å². The van der Waals surface area contributed by atoms with E-state index in [0.29, 0.717) is 5.56 Å². The zero-order chi connectivity index (χ0) is 10.6. The Kier molecular flexibility index (Phi) is 3.18. The predicted molar refractivity (Wildman–Crippen MR) is 52.4 cm³/mol. The van der Waals surface area contributed by atoms with Gasteiger partial charge in [-0.2, -0.15) is 4.39 Å². The molecular formula is C11H9FO2. The number of carbonyl (C=O) groups excluding carboxylic acids is 1. The molecule has 0 atom stereocenters. The summed E-state index contributed by atoms with van der Waals surface area (Å²) < 4.78 is 17.0. The van der Waals surface area contributed by atoms with Gasteiger partial charge in [0, 0.05) is 5.56 Å². The highest BCUT2D eigenvalue weighted by Crippen LogP contribution is 2.19. The van der Waals surface area contributed by atoms with Crippen LogP contribution in [0, 0.1) is 0 Å². The molecular weight excluding hydrogens is 183 g/mol. The molecule has 0 amide bonds. The number of para-hydroxylation sites is 1. The first-order valence-corrected chi connectivity index (χ1v) is 3.93. The van der Waals surface area contributed by atoms with Crippen LogP contribution in [0.2, 0.25) is 0 Å². The minimum absolute atomic E-state index is 0.270. The molecule has 0 spiro atoms. The zero-order valence-corrected chi connectivity index (χ0v) is 7.50. The molecule has 0 aliphatic rings. The van der Waals surface area contributed by atoms with E-state index in [1.807, 2.05) is 0 Å². The lowest BCUT2D eigenvalue weighted by Crippen LogP contribution is -2.08. The number of hydrogen-bond acceptors (Lipinski definition) is 2. The first kappa shape index (κ1) is 10.2. The number of benzene rings is 1. The van der Waals surface area contributed by atoms with E-state index in [2.05, 4.69) is 13.2 Å². The quantitative estimate of drug-likeness (QED) is 0.418. The van der Waals surface area contributed by atoms with Crippen LogP contribution in [0.1, 0.15) is 5.56 Å². The van der Waals surface area contributed by atoms with Crippen LogP contribution in [0.3, 0.4) is 0 Å². The van der Waals surface area contributed by atoms with Crippen LogP contribution < -0.4 is 4.74 Å². The predicted octanol–water partition coefficient (Wildman–Crippen LogP) is 2.72. The van der Waals surface area contributed by atoms with Crippen molar-refractivity contribution in [3.05, 3.63) is 48.8 Å². The van der Waals surface area contributed by atoms with Gasteiger partial charge in [0.1, 0.15) is 5.75 Å². The summed E-state index contributed by atoms with van der Waals surface area (Å²) in [5, 5.41) is 0. The van der Waals surface area contributed by atoms with Gasteiger partial charge in [-0.05, 0) is 6.07 Å². The highest BCUT2D eigenvalue weighted by molar-refractivity contribution is 5.87. The SMILES string of the molecule is C=Cc1ccccc1OC(=O)C(=C)F. The van der Waals surface area contributed by atoms with Crippen LogP contribution in [0.15, 0.2) is 43.3 Å². The minimum Gasteiger partial charge on any atom is -0.421 e. The molecule has 0 aromatic heterocycles. The van der Waals surface area contributed by atoms with Gasteiger partial charge in [-0.3, -0.25) is 0 Å². The third-order valence-electron chi connectivity index (χ3n) is 1.56. The Balaban J connectivity index is 2.91. The van der Waals surface area contributed by atoms with Crippen molar-refractivity contribution < 1.29 is 13.9 Å². The van der Waals surface area contributed by atoms with Crippen molar-refractivity contribution in [2.75, 3.05) is 0 Å². The van der Waals surface area contributed by atoms with Crippen LogP contribution in [0.4, 0.5) is 4.39 Å². The maximum Gasteiger partial charge on any atom is 0.371 e. The van der Waals surface area contributed by atoms with Crippen molar-refractivity contribution >= 4 is 12.0 Å². The number of carbonyl (C=O) groups is 1. The largest absolute Gasteiger partial charge is 0.421 e. The van der Waals surface area contributed by atoms with E-state index in [1.165, 1.54) is 6.08 Å². The maximum atomic E-state index is 12.3. The van der Waals surface area contributed by atoms with E-state index in [9.17, 15) is 9.18 Å². The minimum atomic E-state index is -1.12. The van der Waals surface area contributed by atoms with E-state index < -0.39 is 11.8 Å². The first-order valence-electron chi connectivity index (χ1n) is 3.93. The van der Waals surface area contributed by atoms with Gasteiger partial charge in [0.05, 0.1) is 0 Å². The summed E-state index contributed by atoms with van der Waals surface area (Å²) in [6, 6.07) is 6.70. The Morgan fingerprint density at radius 3 is 2.64 bits per heavy atom. The Labute approximate surface area is 81.3 Å². The lowest BCUT2D eigenvalue weighted by Gasteiger charge is -2.04. The smallest absolute Gasteiger partial charge is 0.371 e. The summed E-state index contributed by atoms with van der Waals surface area (Å²) in [5.41, 5.74) is 0.627. The summed E-state index contributed by atoms with van der Waals surface area (Å²) in [6.07, 6.45) is 1.52. The average Bonchev–Trinajstić information content (AvgIpc) is 2.18. The average molecular weight is 192 g/mol. The number of esters is 1. The molecule has 0 heterocycles. The van der Waals surface area contributed by atoms with Gasteiger partial charge in [0.2, 0.25) is 5.83 Å². The molecule has 0 radical (unpaired) electrons. The first-order chi connectivity index (χ1) is 6.65. The third kappa shape index (κ3) is 2.29. The Bertz CT molecular complexity index is 383. The standard InChI is InChI=1S/C11H9FO2/c1-3-9-6-4-5-7-10(9)14-11(13)8(2)12/h3-7H,1-2H2. The van der Waals surface area contributed by atoms with Crippen LogP contribution >= 0.6 is 0 Å². The fourth-order valence-electron chi connectivity index (χ4n) is 0.897. The monoisotopic (exact) mass is 192 g/mol. The van der Waals surface area contributed by atoms with E-state index in [4.69, 9.17) is 4.74 Å². The lowest BCUT2D eigenvalue weighted by molar-refractivity contribution is -0.131. The van der Waals surface area contributed by atoms with Crippen molar-refractivity contribution in [2.24, 2.45) is 0 Å². The van der Waals surface area contributed by atoms with Crippen molar-refractivity contribution in [1.82, 2.24) is 0 Å². The Hall–Kier alpha value is -1.90. The van der Waals surface area contributed by atoms with Gasteiger partial charge >= 0.3 is 5.97 Å². The molecule has 0 aliphatic heterocycles. The van der Waals surface area contributed by atoms with E-state index in [0.717, 1.165) is 0 Å². The Morgan fingerprint density at radius 1 is 1.43 bits per heavy atom. The highest BCUT2D eigenvalue weighted by Gasteiger charge is 2.10. The zero-order valence-electron chi connectivity index (χ0n) is 7.50. The number of halogens is 1. The fourth-order valence-corrected chi connectivity index (χ4v) is 0.897. The van der Waals surface area contributed by atoms with Crippen LogP contribution in [-0.2, 0) is 4.79 Å². The van der Waals surface area contributed by atoms with Crippen molar-refractivity contribution in [1.29, 1.82) is 0 Å². The van der Waals surface area contributed by atoms with E-state index >= 15 is 0 Å². The molecule has 0 fully saturated rings. The second-order valence-electron chi connectivity index (χ2n) is 2.54. The number of ether oxygens (including phenoxy) is 1. The molecule has 2 nitrogen and oxygen atoms in total. The Morgan fingerprint density at radius 2 is 2.07 bits per heavy atom. The maximum absolute atomic E-state index is 12.3. The summed E-state index contributed by atoms with van der Waals surface area (Å²) in [6.45, 7) is 6.38. The van der Waals surface area contributed by atoms with Crippen LogP contribution in [-0.4, -0.2) is 5.97 Å². The van der Waals surface area contributed by atoms with E-state index in [-0.39, 0.29) is 5.75 Å². The van der Waals surface area contributed by atoms with Gasteiger partial charge in [-0.15, -0.1) is 0 Å². The number of rotatable bonds is 3. The summed E-state index contributed by atoms with van der Waals surface area (Å²) >= 11 is 0. The molecule has 3 heteroatoms. The summed E-state index contributed by atoms with van der Waals surface area (Å²) in [5.74, 6) is -1.94.